The predicted octanol–water partition coefficient (Wildman–Crippen LogP) is 3.26. The first-order chi connectivity index (χ1) is 7.61. The van der Waals surface area contributed by atoms with Gasteiger partial charge in [-0.05, 0) is 40.9 Å². The molecule has 2 N–H and O–H groups in total. The zero-order valence-electron chi connectivity index (χ0n) is 8.67. The minimum atomic E-state index is -0.799. The lowest BCUT2D eigenvalue weighted by Crippen LogP contribution is -2.05. The normalized spacial score (nSPS) is 10.1. The van der Waals surface area contributed by atoms with Crippen molar-refractivity contribution in [2.45, 2.75) is 19.3 Å². The summed E-state index contributed by atoms with van der Waals surface area (Å²) in [4.78, 5) is 10.3. The molecule has 0 bridgehead atoms. The Morgan fingerprint density at radius 1 is 1.44 bits per heavy atom. The van der Waals surface area contributed by atoms with E-state index in [1.807, 2.05) is 0 Å². The molecule has 16 heavy (non-hydrogen) atoms. The lowest BCUT2D eigenvalue weighted by Gasteiger charge is -2.08. The van der Waals surface area contributed by atoms with E-state index in [1.165, 1.54) is 6.07 Å². The quantitative estimate of drug-likeness (QED) is 0.791. The van der Waals surface area contributed by atoms with Crippen LogP contribution in [-0.4, -0.2) is 17.6 Å². The minimum absolute atomic E-state index is 0.153. The molecule has 0 spiro atoms. The van der Waals surface area contributed by atoms with Crippen LogP contribution < -0.4 is 5.32 Å². The van der Waals surface area contributed by atoms with E-state index in [9.17, 15) is 9.18 Å². The van der Waals surface area contributed by atoms with Gasteiger partial charge in [-0.2, -0.15) is 0 Å². The number of aliphatic carboxylic acids is 1. The summed E-state index contributed by atoms with van der Waals surface area (Å²) in [5.74, 6) is -1.11. The van der Waals surface area contributed by atoms with E-state index in [2.05, 4.69) is 21.2 Å². The van der Waals surface area contributed by atoms with Gasteiger partial charge in [-0.3, -0.25) is 4.79 Å². The molecule has 0 heterocycles. The molecule has 0 aliphatic carbocycles. The maximum atomic E-state index is 13.3. The van der Waals surface area contributed by atoms with Gasteiger partial charge in [0.2, 0.25) is 0 Å². The molecule has 3 nitrogen and oxygen atoms in total. The summed E-state index contributed by atoms with van der Waals surface area (Å²) in [6.45, 7) is 0.562. The molecule has 0 aliphatic heterocycles. The molecule has 1 aromatic carbocycles. The van der Waals surface area contributed by atoms with Gasteiger partial charge in [0.05, 0.1) is 5.69 Å². The second-order valence-electron chi connectivity index (χ2n) is 3.37. The monoisotopic (exact) mass is 289 g/mol. The Bertz CT molecular complexity index is 351. The van der Waals surface area contributed by atoms with Crippen LogP contribution in [0.4, 0.5) is 10.1 Å². The zero-order valence-corrected chi connectivity index (χ0v) is 10.3. The fourth-order valence-corrected chi connectivity index (χ4v) is 1.76. The Labute approximate surface area is 102 Å². The summed E-state index contributed by atoms with van der Waals surface area (Å²) in [7, 11) is 0. The van der Waals surface area contributed by atoms with Crippen LogP contribution in [0.3, 0.4) is 0 Å². The molecule has 0 saturated carbocycles. The topological polar surface area (TPSA) is 49.3 Å². The van der Waals surface area contributed by atoms with Gasteiger partial charge < -0.3 is 10.4 Å². The smallest absolute Gasteiger partial charge is 0.303 e. The Morgan fingerprint density at radius 2 is 2.19 bits per heavy atom. The van der Waals surface area contributed by atoms with Crippen molar-refractivity contribution in [1.29, 1.82) is 0 Å². The van der Waals surface area contributed by atoms with Crippen molar-refractivity contribution in [3.63, 3.8) is 0 Å². The molecule has 0 saturated heterocycles. The summed E-state index contributed by atoms with van der Waals surface area (Å²) in [6.07, 6.45) is 1.45. The van der Waals surface area contributed by atoms with Crippen molar-refractivity contribution in [1.82, 2.24) is 0 Å². The molecule has 0 radical (unpaired) electrons. The van der Waals surface area contributed by atoms with Crippen molar-refractivity contribution in [2.75, 3.05) is 11.9 Å². The molecular weight excluding hydrogens is 277 g/mol. The highest BCUT2D eigenvalue weighted by Gasteiger charge is 2.05. The molecule has 0 aliphatic rings. The van der Waals surface area contributed by atoms with E-state index in [-0.39, 0.29) is 12.2 Å². The number of carboxylic acid groups (broad SMARTS) is 1. The Morgan fingerprint density at radius 3 is 2.81 bits per heavy atom. The number of benzene rings is 1. The molecule has 0 aromatic heterocycles. The second-order valence-corrected chi connectivity index (χ2v) is 4.23. The van der Waals surface area contributed by atoms with Gasteiger partial charge in [0.25, 0.3) is 0 Å². The summed E-state index contributed by atoms with van der Waals surface area (Å²) in [5, 5.41) is 11.4. The van der Waals surface area contributed by atoms with Crippen molar-refractivity contribution in [3.8, 4) is 0 Å². The van der Waals surface area contributed by atoms with Gasteiger partial charge in [0.15, 0.2) is 0 Å². The molecule has 5 heteroatoms. The first kappa shape index (κ1) is 13.0. The predicted molar refractivity (Wildman–Crippen MR) is 64.1 cm³/mol. The Hall–Kier alpha value is -1.10. The summed E-state index contributed by atoms with van der Waals surface area (Å²) >= 11 is 3.24. The maximum Gasteiger partial charge on any atom is 0.303 e. The van der Waals surface area contributed by atoms with E-state index in [1.54, 1.807) is 12.1 Å². The summed E-state index contributed by atoms with van der Waals surface area (Å²) < 4.78 is 14.0. The number of hydrogen-bond donors (Lipinski definition) is 2. The van der Waals surface area contributed by atoms with Crippen LogP contribution in [0, 0.1) is 5.82 Å². The number of hydrogen-bond acceptors (Lipinski definition) is 2. The number of nitrogens with one attached hydrogen (secondary N) is 1. The van der Waals surface area contributed by atoms with E-state index >= 15 is 0 Å². The number of halogens is 2. The lowest BCUT2D eigenvalue weighted by atomic mass is 10.2. The number of unbranched alkanes of at least 4 members (excludes halogenated alkanes) is 1. The molecule has 1 rings (SSSR count). The Kier molecular flexibility index (Phi) is 5.25. The van der Waals surface area contributed by atoms with E-state index in [0.29, 0.717) is 29.5 Å². The van der Waals surface area contributed by atoms with Gasteiger partial charge in [-0.1, -0.05) is 6.07 Å². The summed E-state index contributed by atoms with van der Waals surface area (Å²) in [5.41, 5.74) is 0.429. The third kappa shape index (κ3) is 4.18. The molecule has 88 valence electrons. The van der Waals surface area contributed by atoms with Crippen LogP contribution in [0.5, 0.6) is 0 Å². The SMILES string of the molecule is O=C(O)CCCCNc1c(F)cccc1Br. The van der Waals surface area contributed by atoms with Crippen LogP contribution in [0.15, 0.2) is 22.7 Å². The maximum absolute atomic E-state index is 13.3. The Balaban J connectivity index is 2.34. The average Bonchev–Trinajstić information content (AvgIpc) is 2.21. The standard InChI is InChI=1S/C11H13BrFNO2/c12-8-4-3-5-9(13)11(8)14-7-2-1-6-10(15)16/h3-5,14H,1-2,6-7H2,(H,15,16). The van der Waals surface area contributed by atoms with Crippen LogP contribution in [0.25, 0.3) is 0 Å². The molecule has 0 atom stereocenters. The molecule has 0 amide bonds. The van der Waals surface area contributed by atoms with E-state index in [0.717, 1.165) is 0 Å². The minimum Gasteiger partial charge on any atom is -0.481 e. The first-order valence-electron chi connectivity index (χ1n) is 5.01. The third-order valence-electron chi connectivity index (χ3n) is 2.08. The fourth-order valence-electron chi connectivity index (χ4n) is 1.28. The highest BCUT2D eigenvalue weighted by molar-refractivity contribution is 9.10. The second kappa shape index (κ2) is 6.48. The fraction of sp³-hybridized carbons (Fsp3) is 0.364. The van der Waals surface area contributed by atoms with Crippen molar-refractivity contribution in [3.05, 3.63) is 28.5 Å². The van der Waals surface area contributed by atoms with Crippen molar-refractivity contribution < 1.29 is 14.3 Å². The van der Waals surface area contributed by atoms with Gasteiger partial charge >= 0.3 is 5.97 Å². The molecule has 1 aromatic rings. The van der Waals surface area contributed by atoms with Crippen molar-refractivity contribution in [2.24, 2.45) is 0 Å². The third-order valence-corrected chi connectivity index (χ3v) is 2.74. The molecular formula is C11H13BrFNO2. The van der Waals surface area contributed by atoms with Gasteiger partial charge in [0, 0.05) is 17.4 Å². The number of rotatable bonds is 6. The van der Waals surface area contributed by atoms with Gasteiger partial charge in [0.1, 0.15) is 5.82 Å². The number of anilines is 1. The first-order valence-corrected chi connectivity index (χ1v) is 5.80. The van der Waals surface area contributed by atoms with Crippen LogP contribution >= 0.6 is 15.9 Å². The molecule has 0 fully saturated rings. The highest BCUT2D eigenvalue weighted by atomic mass is 79.9. The van der Waals surface area contributed by atoms with E-state index in [4.69, 9.17) is 5.11 Å². The van der Waals surface area contributed by atoms with Gasteiger partial charge in [-0.25, -0.2) is 4.39 Å². The largest absolute Gasteiger partial charge is 0.481 e. The van der Waals surface area contributed by atoms with Crippen LogP contribution in [-0.2, 0) is 4.79 Å². The van der Waals surface area contributed by atoms with Crippen LogP contribution in [0.2, 0.25) is 0 Å². The van der Waals surface area contributed by atoms with Crippen molar-refractivity contribution >= 4 is 27.6 Å². The number of carboxylic acids is 1. The number of carbonyl (C=O) groups is 1. The average molecular weight is 290 g/mol. The van der Waals surface area contributed by atoms with E-state index < -0.39 is 5.97 Å². The lowest BCUT2D eigenvalue weighted by molar-refractivity contribution is -0.137. The number of para-hydroxylation sites is 1. The zero-order chi connectivity index (χ0) is 12.0. The molecule has 0 unspecified atom stereocenters. The van der Waals surface area contributed by atoms with Gasteiger partial charge in [-0.15, -0.1) is 0 Å². The highest BCUT2D eigenvalue weighted by Crippen LogP contribution is 2.24. The van der Waals surface area contributed by atoms with Crippen LogP contribution in [0.1, 0.15) is 19.3 Å². The summed E-state index contributed by atoms with van der Waals surface area (Å²) in [6, 6.07) is 4.75.